The molecule has 0 radical (unpaired) electrons. The highest BCUT2D eigenvalue weighted by Gasteiger charge is 2.17. The first-order valence-corrected chi connectivity index (χ1v) is 6.26. The molecule has 0 atom stereocenters. The van der Waals surface area contributed by atoms with Gasteiger partial charge in [-0.1, -0.05) is 0 Å². The first kappa shape index (κ1) is 13.9. The van der Waals surface area contributed by atoms with Gasteiger partial charge in [0.05, 0.1) is 16.9 Å². The van der Waals surface area contributed by atoms with Crippen molar-refractivity contribution in [2.45, 2.75) is 27.3 Å². The van der Waals surface area contributed by atoms with Gasteiger partial charge < -0.3 is 15.4 Å². The number of anilines is 1. The van der Waals surface area contributed by atoms with Gasteiger partial charge in [0.1, 0.15) is 12.4 Å². The highest BCUT2D eigenvalue weighted by molar-refractivity contribution is 5.35. The summed E-state index contributed by atoms with van der Waals surface area (Å²) in [5.74, 6) is 1.18. The fraction of sp³-hybridized carbons (Fsp3) is 0.417. The van der Waals surface area contributed by atoms with E-state index in [1.54, 1.807) is 13.1 Å². The molecule has 0 unspecified atom stereocenters. The molecule has 0 aliphatic carbocycles. The van der Waals surface area contributed by atoms with E-state index >= 15 is 0 Å². The van der Waals surface area contributed by atoms with E-state index in [1.165, 1.54) is 4.68 Å². The Morgan fingerprint density at radius 1 is 1.40 bits per heavy atom. The van der Waals surface area contributed by atoms with E-state index in [0.717, 1.165) is 18.1 Å². The van der Waals surface area contributed by atoms with Crippen LogP contribution in [-0.2, 0) is 6.54 Å². The zero-order chi connectivity index (χ0) is 14.7. The molecular weight excluding hydrogens is 260 g/mol. The number of nitro groups is 1. The van der Waals surface area contributed by atoms with Crippen LogP contribution in [0.1, 0.15) is 24.0 Å². The Hall–Kier alpha value is -2.51. The molecule has 2 aromatic rings. The van der Waals surface area contributed by atoms with Crippen molar-refractivity contribution in [2.24, 2.45) is 0 Å². The van der Waals surface area contributed by atoms with Gasteiger partial charge in [0.2, 0.25) is 0 Å². The maximum absolute atomic E-state index is 10.8. The lowest BCUT2D eigenvalue weighted by molar-refractivity contribution is -0.390. The molecule has 0 saturated carbocycles. The molecule has 20 heavy (non-hydrogen) atoms. The highest BCUT2D eigenvalue weighted by Crippen LogP contribution is 2.15. The topological polar surface area (TPSA) is 98.8 Å². The molecule has 106 valence electrons. The van der Waals surface area contributed by atoms with Crippen LogP contribution in [0.15, 0.2) is 12.3 Å². The second kappa shape index (κ2) is 5.64. The monoisotopic (exact) mass is 276 g/mol. The van der Waals surface area contributed by atoms with Gasteiger partial charge in [-0.2, -0.15) is 4.68 Å². The summed E-state index contributed by atoms with van der Waals surface area (Å²) in [6, 6.07) is 1.85. The van der Waals surface area contributed by atoms with E-state index in [-0.39, 0.29) is 5.82 Å². The molecule has 0 saturated heterocycles. The molecule has 2 aromatic heterocycles. The lowest BCUT2D eigenvalue weighted by atomic mass is 10.4. The van der Waals surface area contributed by atoms with Gasteiger partial charge in [0.25, 0.3) is 0 Å². The summed E-state index contributed by atoms with van der Waals surface area (Å²) >= 11 is 0. The second-order valence-corrected chi connectivity index (χ2v) is 4.43. The summed E-state index contributed by atoms with van der Waals surface area (Å²) in [6.07, 6.45) is 1.62. The summed E-state index contributed by atoms with van der Waals surface area (Å²) in [5.41, 5.74) is 1.36. The predicted molar refractivity (Wildman–Crippen MR) is 73.7 cm³/mol. The normalized spacial score (nSPS) is 10.6. The van der Waals surface area contributed by atoms with Gasteiger partial charge in [0.15, 0.2) is 5.82 Å². The Morgan fingerprint density at radius 2 is 2.15 bits per heavy atom. The molecule has 0 fully saturated rings. The number of aryl methyl sites for hydroxylation is 2. The van der Waals surface area contributed by atoms with Gasteiger partial charge in [-0.25, -0.2) is 9.97 Å². The Bertz CT molecular complexity index is 637. The summed E-state index contributed by atoms with van der Waals surface area (Å²) < 4.78 is 1.48. The number of nitrogens with zero attached hydrogens (tertiary/aromatic N) is 5. The maximum Gasteiger partial charge on any atom is 0.392 e. The van der Waals surface area contributed by atoms with Crippen LogP contribution in [0.2, 0.25) is 0 Å². The van der Waals surface area contributed by atoms with Gasteiger partial charge in [-0.3, -0.25) is 0 Å². The van der Waals surface area contributed by atoms with Crippen molar-refractivity contribution < 1.29 is 4.92 Å². The minimum absolute atomic E-state index is 0.135. The van der Waals surface area contributed by atoms with E-state index in [2.05, 4.69) is 20.4 Å². The third kappa shape index (κ3) is 3.08. The van der Waals surface area contributed by atoms with Crippen molar-refractivity contribution in [3.8, 4) is 0 Å². The smallest absolute Gasteiger partial charge is 0.370 e. The largest absolute Gasteiger partial charge is 0.392 e. The van der Waals surface area contributed by atoms with Gasteiger partial charge in [-0.15, -0.1) is 0 Å². The van der Waals surface area contributed by atoms with Crippen LogP contribution in [0.5, 0.6) is 0 Å². The molecule has 1 N–H and O–H groups in total. The third-order valence-electron chi connectivity index (χ3n) is 2.65. The number of rotatable bonds is 5. The van der Waals surface area contributed by atoms with Crippen molar-refractivity contribution in [1.82, 2.24) is 19.7 Å². The van der Waals surface area contributed by atoms with Gasteiger partial charge in [-0.05, 0) is 25.7 Å². The lowest BCUT2D eigenvalue weighted by Crippen LogP contribution is -2.09. The van der Waals surface area contributed by atoms with E-state index in [9.17, 15) is 10.1 Å². The van der Waals surface area contributed by atoms with E-state index in [4.69, 9.17) is 0 Å². The zero-order valence-electron chi connectivity index (χ0n) is 11.6. The summed E-state index contributed by atoms with van der Waals surface area (Å²) in [5, 5.41) is 17.8. The lowest BCUT2D eigenvalue weighted by Gasteiger charge is -2.05. The molecule has 2 heterocycles. The van der Waals surface area contributed by atoms with Crippen LogP contribution in [-0.4, -0.2) is 31.2 Å². The molecular formula is C12H16N6O2. The quantitative estimate of drug-likeness (QED) is 0.659. The Kier molecular flexibility index (Phi) is 3.92. The van der Waals surface area contributed by atoms with Crippen molar-refractivity contribution in [3.05, 3.63) is 39.5 Å². The fourth-order valence-corrected chi connectivity index (χ4v) is 1.89. The highest BCUT2D eigenvalue weighted by atomic mass is 16.6. The fourth-order valence-electron chi connectivity index (χ4n) is 1.89. The van der Waals surface area contributed by atoms with E-state index in [0.29, 0.717) is 17.9 Å². The van der Waals surface area contributed by atoms with E-state index < -0.39 is 4.92 Å². The van der Waals surface area contributed by atoms with Crippen LogP contribution in [0.3, 0.4) is 0 Å². The molecule has 0 aliphatic rings. The second-order valence-electron chi connectivity index (χ2n) is 4.43. The van der Waals surface area contributed by atoms with Crippen LogP contribution >= 0.6 is 0 Å². The Morgan fingerprint density at radius 3 is 2.75 bits per heavy atom. The van der Waals surface area contributed by atoms with Crippen LogP contribution in [0, 0.1) is 24.0 Å². The number of nitrogens with one attached hydrogen (secondary N) is 1. The van der Waals surface area contributed by atoms with Gasteiger partial charge in [0, 0.05) is 18.3 Å². The summed E-state index contributed by atoms with van der Waals surface area (Å²) in [6.45, 7) is 6.58. The van der Waals surface area contributed by atoms with Crippen molar-refractivity contribution >= 4 is 11.6 Å². The standard InChI is InChI=1S/C12H16N6O2/c1-4-13-10-5-9(3)14-11(15-10)7-17-6-8(2)12(16-17)18(19)20/h5-6H,4,7H2,1-3H3,(H,13,14,15). The maximum atomic E-state index is 10.8. The first-order valence-electron chi connectivity index (χ1n) is 6.26. The number of hydrogen-bond donors (Lipinski definition) is 1. The third-order valence-corrected chi connectivity index (χ3v) is 2.65. The predicted octanol–water partition coefficient (Wildman–Crippen LogP) is 1.68. The first-order chi connectivity index (χ1) is 9.49. The molecule has 0 spiro atoms. The molecule has 8 heteroatoms. The molecule has 0 amide bonds. The molecule has 0 aliphatic heterocycles. The minimum atomic E-state index is -0.493. The Balaban J connectivity index is 2.25. The van der Waals surface area contributed by atoms with Crippen molar-refractivity contribution in [3.63, 3.8) is 0 Å². The summed E-state index contributed by atoms with van der Waals surface area (Å²) in [4.78, 5) is 18.9. The average molecular weight is 276 g/mol. The van der Waals surface area contributed by atoms with Crippen LogP contribution < -0.4 is 5.32 Å². The van der Waals surface area contributed by atoms with Gasteiger partial charge >= 0.3 is 5.82 Å². The Labute approximate surface area is 116 Å². The molecule has 2 rings (SSSR count). The number of hydrogen-bond acceptors (Lipinski definition) is 6. The van der Waals surface area contributed by atoms with Crippen molar-refractivity contribution in [1.29, 1.82) is 0 Å². The van der Waals surface area contributed by atoms with Crippen LogP contribution in [0.25, 0.3) is 0 Å². The molecule has 0 aromatic carbocycles. The average Bonchev–Trinajstić information content (AvgIpc) is 2.70. The zero-order valence-corrected chi connectivity index (χ0v) is 11.6. The van der Waals surface area contributed by atoms with Crippen LogP contribution in [0.4, 0.5) is 11.6 Å². The SMILES string of the molecule is CCNc1cc(C)nc(Cn2cc(C)c([N+](=O)[O-])n2)n1. The molecule has 0 bridgehead atoms. The summed E-state index contributed by atoms with van der Waals surface area (Å²) in [7, 11) is 0. The minimum Gasteiger partial charge on any atom is -0.370 e. The van der Waals surface area contributed by atoms with Crippen molar-refractivity contribution in [2.75, 3.05) is 11.9 Å². The van der Waals surface area contributed by atoms with E-state index in [1.807, 2.05) is 19.9 Å². The number of aromatic nitrogens is 4. The molecule has 8 nitrogen and oxygen atoms in total.